The molecule has 0 amide bonds. The van der Waals surface area contributed by atoms with E-state index in [2.05, 4.69) is 45.7 Å². The molecule has 0 aromatic carbocycles. The molecule has 0 saturated carbocycles. The van der Waals surface area contributed by atoms with Gasteiger partial charge in [0.15, 0.2) is 3.86 Å². The molecule has 0 fully saturated rings. The highest BCUT2D eigenvalue weighted by Gasteiger charge is 2.14. The van der Waals surface area contributed by atoms with Crippen LogP contribution in [0.2, 0.25) is 0 Å². The summed E-state index contributed by atoms with van der Waals surface area (Å²) in [5.41, 5.74) is 0. The van der Waals surface area contributed by atoms with Gasteiger partial charge in [0.1, 0.15) is 0 Å². The number of halogens is 3. The summed E-state index contributed by atoms with van der Waals surface area (Å²) in [7, 11) is 0. The second-order valence-electron chi connectivity index (χ2n) is 13.1. The molecule has 0 atom stereocenters. The van der Waals surface area contributed by atoms with Gasteiger partial charge in [0.2, 0.25) is 0 Å². The van der Waals surface area contributed by atoms with E-state index in [-0.39, 0.29) is 12.4 Å². The lowest BCUT2D eigenvalue weighted by Gasteiger charge is -2.21. The maximum atomic E-state index is 3.82. The largest absolute Gasteiger partial charge is 1.00 e. The highest BCUT2D eigenvalue weighted by atomic mass is 79.9. The predicted octanol–water partition coefficient (Wildman–Crippen LogP) is 10.5. The number of quaternary nitrogens is 1. The van der Waals surface area contributed by atoms with Crippen LogP contribution in [0.3, 0.4) is 0 Å². The van der Waals surface area contributed by atoms with Gasteiger partial charge in [-0.25, -0.2) is 0 Å². The van der Waals surface area contributed by atoms with Gasteiger partial charge in [-0.05, 0) is 57.5 Å². The molecule has 0 aliphatic heterocycles. The Balaban J connectivity index is 0. The molecule has 41 heavy (non-hydrogen) atoms. The van der Waals surface area contributed by atoms with E-state index in [0.29, 0.717) is 3.86 Å². The summed E-state index contributed by atoms with van der Waals surface area (Å²) < 4.78 is 0.424. The van der Waals surface area contributed by atoms with Gasteiger partial charge in [-0.3, -0.25) is 0 Å². The second kappa shape index (κ2) is 39.2. The number of nitrogens with one attached hydrogen (secondary N) is 1. The third kappa shape index (κ3) is 37.3. The van der Waals surface area contributed by atoms with Crippen molar-refractivity contribution >= 4 is 31.9 Å². The lowest BCUT2D eigenvalue weighted by Crippen LogP contribution is -3.13. The Hall–Kier alpha value is 1.21. The van der Waals surface area contributed by atoms with Crippen LogP contribution >= 0.6 is 31.9 Å². The van der Waals surface area contributed by atoms with E-state index < -0.39 is 0 Å². The van der Waals surface area contributed by atoms with Crippen LogP contribution in [0.15, 0.2) is 0 Å². The first-order valence-electron chi connectivity index (χ1n) is 18.8. The third-order valence-corrected chi connectivity index (χ3v) is 10.3. The van der Waals surface area contributed by atoms with Crippen molar-refractivity contribution in [2.75, 3.05) is 13.1 Å². The highest BCUT2D eigenvalue weighted by molar-refractivity contribution is 9.24. The number of rotatable bonds is 35. The monoisotopic (exact) mass is 727 g/mol. The molecule has 250 valence electrons. The Bertz CT molecular complexity index is 413. The maximum Gasteiger partial charge on any atom is 0.197 e. The number of unbranched alkanes of at least 4 members (excludes halogenated alkanes) is 30. The fourth-order valence-corrected chi connectivity index (χ4v) is 7.06. The summed E-state index contributed by atoms with van der Waals surface area (Å²) in [5, 5.41) is 0. The quantitative estimate of drug-likeness (QED) is 0.0376. The first-order valence-corrected chi connectivity index (χ1v) is 20.7. The first kappa shape index (κ1) is 44.3. The average molecular weight is 730 g/mol. The molecular weight excluding hydrogens is 654 g/mol. The fourth-order valence-electron chi connectivity index (χ4n) is 6.14. The van der Waals surface area contributed by atoms with Gasteiger partial charge < -0.3 is 17.3 Å². The van der Waals surface area contributed by atoms with E-state index in [1.54, 1.807) is 4.90 Å². The lowest BCUT2D eigenvalue weighted by molar-refractivity contribution is -0.894. The zero-order valence-corrected chi connectivity index (χ0v) is 32.2. The van der Waals surface area contributed by atoms with Crippen molar-refractivity contribution in [2.45, 2.75) is 223 Å². The number of alkyl halides is 2. The molecule has 1 nitrogen and oxygen atoms in total. The minimum atomic E-state index is 0. The third-order valence-electron chi connectivity index (χ3n) is 9.01. The summed E-state index contributed by atoms with van der Waals surface area (Å²) in [4.78, 5) is 1.70. The summed E-state index contributed by atoms with van der Waals surface area (Å²) in [6.45, 7) is 7.25. The van der Waals surface area contributed by atoms with E-state index in [4.69, 9.17) is 0 Å². The molecule has 0 saturated heterocycles. The van der Waals surface area contributed by atoms with E-state index >= 15 is 0 Å². The Morgan fingerprint density at radius 2 is 0.488 bits per heavy atom. The smallest absolute Gasteiger partial charge is 0.197 e. The van der Waals surface area contributed by atoms with Crippen LogP contribution in [0.25, 0.3) is 0 Å². The molecule has 0 aliphatic rings. The topological polar surface area (TPSA) is 4.44 Å². The molecule has 0 aliphatic carbocycles. The van der Waals surface area contributed by atoms with Crippen molar-refractivity contribution in [3.63, 3.8) is 0 Å². The molecule has 1 N–H and O–H groups in total. The van der Waals surface area contributed by atoms with Crippen molar-refractivity contribution < 1.29 is 17.3 Å². The van der Waals surface area contributed by atoms with Gasteiger partial charge in [0, 0.05) is 0 Å². The predicted molar refractivity (Wildman–Crippen MR) is 191 cm³/mol. The van der Waals surface area contributed by atoms with Crippen molar-refractivity contribution in [3.05, 3.63) is 0 Å². The van der Waals surface area contributed by atoms with Crippen molar-refractivity contribution in [2.24, 2.45) is 0 Å². The summed E-state index contributed by atoms with van der Waals surface area (Å²) in [6.07, 6.45) is 46.5. The van der Waals surface area contributed by atoms with Crippen molar-refractivity contribution in [1.29, 1.82) is 0 Å². The van der Waals surface area contributed by atoms with Crippen molar-refractivity contribution in [1.82, 2.24) is 0 Å². The summed E-state index contributed by atoms with van der Waals surface area (Å²) >= 11 is 7.63. The zero-order chi connectivity index (χ0) is 29.2. The van der Waals surface area contributed by atoms with Crippen LogP contribution in [-0.2, 0) is 0 Å². The number of hydrogen-bond donors (Lipinski definition) is 1. The van der Waals surface area contributed by atoms with Crippen LogP contribution in [-0.4, -0.2) is 16.9 Å². The lowest BCUT2D eigenvalue weighted by atomic mass is 10.0. The highest BCUT2D eigenvalue weighted by Crippen LogP contribution is 2.15. The van der Waals surface area contributed by atoms with E-state index in [1.165, 1.54) is 219 Å². The van der Waals surface area contributed by atoms with Gasteiger partial charge in [0.25, 0.3) is 0 Å². The molecule has 0 heterocycles. The molecule has 0 rings (SSSR count). The fraction of sp³-hybridized carbons (Fsp3) is 1.00. The Labute approximate surface area is 284 Å². The van der Waals surface area contributed by atoms with Crippen LogP contribution in [0.5, 0.6) is 0 Å². The molecule has 0 aromatic heterocycles. The van der Waals surface area contributed by atoms with E-state index in [0.717, 1.165) is 0 Å². The Morgan fingerprint density at radius 1 is 0.317 bits per heavy atom. The Morgan fingerprint density at radius 3 is 0.659 bits per heavy atom. The first-order chi connectivity index (χ1) is 19.7. The van der Waals surface area contributed by atoms with Gasteiger partial charge in [0.05, 0.1) is 13.1 Å². The van der Waals surface area contributed by atoms with Crippen LogP contribution in [0, 0.1) is 0 Å². The van der Waals surface area contributed by atoms with Crippen LogP contribution in [0.1, 0.15) is 219 Å². The van der Waals surface area contributed by atoms with Crippen molar-refractivity contribution in [3.8, 4) is 0 Å². The zero-order valence-electron chi connectivity index (χ0n) is 28.3. The summed E-state index contributed by atoms with van der Waals surface area (Å²) in [5.74, 6) is 0. The molecule has 4 heteroatoms. The standard InChI is InChI=1S/C37H75Br2N.ClH/c1-3-5-7-9-11-13-15-17-19-21-23-25-27-29-31-33-35-40(37(38)39)36-34-32-30-28-26-24-22-20-18-16-14-12-10-8-6-4-2;/h37H,3-36H2,1-2H3;1H. The number of hydrogen-bond acceptors (Lipinski definition) is 0. The molecule has 0 bridgehead atoms. The molecule has 0 aromatic rings. The molecular formula is C37H76Br2ClN. The maximum absolute atomic E-state index is 3.82. The van der Waals surface area contributed by atoms with Gasteiger partial charge in [-0.15, -0.1) is 0 Å². The summed E-state index contributed by atoms with van der Waals surface area (Å²) in [6, 6.07) is 0. The van der Waals surface area contributed by atoms with E-state index in [1.807, 2.05) is 0 Å². The second-order valence-corrected chi connectivity index (χ2v) is 16.1. The minimum Gasteiger partial charge on any atom is -1.00 e. The normalized spacial score (nSPS) is 11.6. The molecule has 0 unspecified atom stereocenters. The Kier molecular flexibility index (Phi) is 42.4. The van der Waals surface area contributed by atoms with E-state index in [9.17, 15) is 0 Å². The molecule has 0 spiro atoms. The van der Waals surface area contributed by atoms with Crippen LogP contribution in [0.4, 0.5) is 0 Å². The van der Waals surface area contributed by atoms with Gasteiger partial charge >= 0.3 is 0 Å². The van der Waals surface area contributed by atoms with Gasteiger partial charge in [-0.1, -0.05) is 194 Å². The molecule has 0 radical (unpaired) electrons. The minimum absolute atomic E-state index is 0. The van der Waals surface area contributed by atoms with Gasteiger partial charge in [-0.2, -0.15) is 0 Å². The average Bonchev–Trinajstić information content (AvgIpc) is 2.95. The SMILES string of the molecule is CCCCCCCCCCCCCCCCCC[NH+](CCCCCCCCCCCCCCCCCC)C(Br)Br.[Cl-]. The van der Waals surface area contributed by atoms with Crippen LogP contribution < -0.4 is 17.3 Å².